The van der Waals surface area contributed by atoms with Gasteiger partial charge in [-0.05, 0) is 48.2 Å². The highest BCUT2D eigenvalue weighted by atomic mass is 35.5. The van der Waals surface area contributed by atoms with E-state index >= 15 is 0 Å². The Hall–Kier alpha value is -2.92. The molecule has 1 amide bonds. The number of para-hydroxylation sites is 1. The number of hydrogen-bond acceptors (Lipinski definition) is 3. The maximum atomic E-state index is 12.7. The molecule has 0 aliphatic rings. The van der Waals surface area contributed by atoms with E-state index in [-0.39, 0.29) is 11.5 Å². The number of amides is 1. The summed E-state index contributed by atoms with van der Waals surface area (Å²) in [5.74, 6) is 0.137. The van der Waals surface area contributed by atoms with Crippen LogP contribution in [0.15, 0.2) is 53.5 Å². The Morgan fingerprint density at radius 3 is 2.48 bits per heavy atom. The fraction of sp³-hybridized carbons (Fsp3) is 0.190. The quantitative estimate of drug-likeness (QED) is 0.683. The van der Waals surface area contributed by atoms with Gasteiger partial charge in [-0.2, -0.15) is 0 Å². The third-order valence-electron chi connectivity index (χ3n) is 4.33. The number of carbonyl (C=O) groups excluding carboxylic acids is 1. The standard InChI is InChI=1S/C21H20ClN3O2/c1-12(2)16-6-4-5-13(3)18(16)24-20(26)17-11-23-19(25-21(17)27)14-7-9-15(22)10-8-14/h4-12H,1-3H3,(H,24,26)(H,23,25,27). The SMILES string of the molecule is Cc1cccc(C(C)C)c1NC(=O)c1cnc(-c2ccc(Cl)cc2)[nH]c1=O. The molecule has 0 fully saturated rings. The molecule has 27 heavy (non-hydrogen) atoms. The summed E-state index contributed by atoms with van der Waals surface area (Å²) in [4.78, 5) is 32.0. The van der Waals surface area contributed by atoms with Crippen LogP contribution < -0.4 is 10.9 Å². The van der Waals surface area contributed by atoms with Gasteiger partial charge in [0.15, 0.2) is 0 Å². The van der Waals surface area contributed by atoms with Crippen LogP contribution in [0.1, 0.15) is 41.3 Å². The molecule has 0 radical (unpaired) electrons. The Labute approximate surface area is 162 Å². The van der Waals surface area contributed by atoms with Crippen molar-refractivity contribution in [2.75, 3.05) is 5.32 Å². The smallest absolute Gasteiger partial charge is 0.264 e. The van der Waals surface area contributed by atoms with Crippen LogP contribution in [0, 0.1) is 6.92 Å². The van der Waals surface area contributed by atoms with Crippen LogP contribution in [-0.4, -0.2) is 15.9 Å². The normalized spacial score (nSPS) is 10.9. The number of aromatic amines is 1. The molecular weight excluding hydrogens is 362 g/mol. The van der Waals surface area contributed by atoms with Gasteiger partial charge in [-0.3, -0.25) is 9.59 Å². The van der Waals surface area contributed by atoms with Gasteiger partial charge in [0, 0.05) is 22.5 Å². The van der Waals surface area contributed by atoms with E-state index in [2.05, 4.69) is 29.1 Å². The monoisotopic (exact) mass is 381 g/mol. The molecule has 5 nitrogen and oxygen atoms in total. The molecule has 2 aromatic carbocycles. The van der Waals surface area contributed by atoms with Gasteiger partial charge in [0.25, 0.3) is 11.5 Å². The van der Waals surface area contributed by atoms with E-state index < -0.39 is 11.5 Å². The molecule has 138 valence electrons. The van der Waals surface area contributed by atoms with Gasteiger partial charge in [-0.25, -0.2) is 4.98 Å². The minimum Gasteiger partial charge on any atom is -0.321 e. The fourth-order valence-corrected chi connectivity index (χ4v) is 2.96. The second-order valence-electron chi connectivity index (χ2n) is 6.63. The average molecular weight is 382 g/mol. The predicted octanol–water partition coefficient (Wildman–Crippen LogP) is 4.77. The van der Waals surface area contributed by atoms with Crippen molar-refractivity contribution < 1.29 is 4.79 Å². The van der Waals surface area contributed by atoms with E-state index in [1.165, 1.54) is 6.20 Å². The summed E-state index contributed by atoms with van der Waals surface area (Å²) in [6.07, 6.45) is 1.30. The number of nitrogens with zero attached hydrogens (tertiary/aromatic N) is 1. The number of rotatable bonds is 4. The van der Waals surface area contributed by atoms with Gasteiger partial charge in [-0.1, -0.05) is 43.6 Å². The first-order valence-corrected chi connectivity index (χ1v) is 9.00. The highest BCUT2D eigenvalue weighted by Crippen LogP contribution is 2.27. The maximum Gasteiger partial charge on any atom is 0.264 e. The highest BCUT2D eigenvalue weighted by molar-refractivity contribution is 6.30. The lowest BCUT2D eigenvalue weighted by Crippen LogP contribution is -2.25. The van der Waals surface area contributed by atoms with Crippen molar-refractivity contribution in [1.82, 2.24) is 9.97 Å². The minimum atomic E-state index is -0.493. The molecule has 0 atom stereocenters. The number of benzene rings is 2. The van der Waals surface area contributed by atoms with Crippen molar-refractivity contribution in [2.24, 2.45) is 0 Å². The Morgan fingerprint density at radius 1 is 1.15 bits per heavy atom. The van der Waals surface area contributed by atoms with E-state index in [9.17, 15) is 9.59 Å². The average Bonchev–Trinajstić information content (AvgIpc) is 2.63. The second kappa shape index (κ2) is 7.76. The van der Waals surface area contributed by atoms with Gasteiger partial charge >= 0.3 is 0 Å². The van der Waals surface area contributed by atoms with Gasteiger partial charge in [0.1, 0.15) is 11.4 Å². The van der Waals surface area contributed by atoms with E-state index in [1.54, 1.807) is 24.3 Å². The molecule has 0 bridgehead atoms. The number of nitrogens with one attached hydrogen (secondary N) is 2. The van der Waals surface area contributed by atoms with E-state index in [4.69, 9.17) is 11.6 Å². The molecule has 0 unspecified atom stereocenters. The van der Waals surface area contributed by atoms with Crippen molar-refractivity contribution in [2.45, 2.75) is 26.7 Å². The van der Waals surface area contributed by atoms with Crippen molar-refractivity contribution in [3.8, 4) is 11.4 Å². The van der Waals surface area contributed by atoms with Gasteiger partial charge in [0.2, 0.25) is 0 Å². The molecule has 3 rings (SSSR count). The van der Waals surface area contributed by atoms with Crippen LogP contribution in [0.4, 0.5) is 5.69 Å². The Balaban J connectivity index is 1.91. The van der Waals surface area contributed by atoms with Crippen molar-refractivity contribution in [3.63, 3.8) is 0 Å². The molecule has 0 spiro atoms. The number of anilines is 1. The van der Waals surface area contributed by atoms with Crippen LogP contribution in [0.25, 0.3) is 11.4 Å². The van der Waals surface area contributed by atoms with E-state index in [1.807, 2.05) is 25.1 Å². The first-order valence-electron chi connectivity index (χ1n) is 8.63. The third kappa shape index (κ3) is 4.09. The zero-order chi connectivity index (χ0) is 19.6. The number of halogens is 1. The molecule has 3 aromatic rings. The molecule has 1 aromatic heterocycles. The molecular formula is C21H20ClN3O2. The van der Waals surface area contributed by atoms with Crippen LogP contribution in [0.5, 0.6) is 0 Å². The number of hydrogen-bond donors (Lipinski definition) is 2. The number of aromatic nitrogens is 2. The molecule has 2 N–H and O–H groups in total. The summed E-state index contributed by atoms with van der Waals surface area (Å²) in [6.45, 7) is 6.03. The van der Waals surface area contributed by atoms with Crippen molar-refractivity contribution in [3.05, 3.63) is 80.7 Å². The summed E-state index contributed by atoms with van der Waals surface area (Å²) in [7, 11) is 0. The summed E-state index contributed by atoms with van der Waals surface area (Å²) in [5.41, 5.74) is 2.88. The lowest BCUT2D eigenvalue weighted by Gasteiger charge is -2.16. The second-order valence-corrected chi connectivity index (χ2v) is 7.07. The molecule has 6 heteroatoms. The number of carbonyl (C=O) groups is 1. The van der Waals surface area contributed by atoms with Crippen LogP contribution >= 0.6 is 11.6 Å². The fourth-order valence-electron chi connectivity index (χ4n) is 2.83. The molecule has 0 aliphatic carbocycles. The van der Waals surface area contributed by atoms with Gasteiger partial charge < -0.3 is 10.3 Å². The Bertz CT molecular complexity index is 1040. The van der Waals surface area contributed by atoms with Crippen molar-refractivity contribution in [1.29, 1.82) is 0 Å². The van der Waals surface area contributed by atoms with Crippen LogP contribution in [0.3, 0.4) is 0 Å². The molecule has 0 saturated heterocycles. The van der Waals surface area contributed by atoms with Gasteiger partial charge in [-0.15, -0.1) is 0 Å². The summed E-state index contributed by atoms with van der Waals surface area (Å²) < 4.78 is 0. The number of aryl methyl sites for hydroxylation is 1. The summed E-state index contributed by atoms with van der Waals surface area (Å²) >= 11 is 5.88. The zero-order valence-electron chi connectivity index (χ0n) is 15.3. The highest BCUT2D eigenvalue weighted by Gasteiger charge is 2.16. The molecule has 0 aliphatic heterocycles. The lowest BCUT2D eigenvalue weighted by atomic mass is 9.98. The Kier molecular flexibility index (Phi) is 5.42. The first-order chi connectivity index (χ1) is 12.9. The van der Waals surface area contributed by atoms with Gasteiger partial charge in [0.05, 0.1) is 0 Å². The lowest BCUT2D eigenvalue weighted by molar-refractivity contribution is 0.102. The molecule has 1 heterocycles. The van der Waals surface area contributed by atoms with Crippen LogP contribution in [-0.2, 0) is 0 Å². The van der Waals surface area contributed by atoms with E-state index in [0.717, 1.165) is 16.8 Å². The largest absolute Gasteiger partial charge is 0.321 e. The zero-order valence-corrected chi connectivity index (χ0v) is 16.1. The van der Waals surface area contributed by atoms with Crippen molar-refractivity contribution >= 4 is 23.2 Å². The Morgan fingerprint density at radius 2 is 1.85 bits per heavy atom. The summed E-state index contributed by atoms with van der Waals surface area (Å²) in [6, 6.07) is 12.8. The summed E-state index contributed by atoms with van der Waals surface area (Å²) in [5, 5.41) is 3.46. The molecule has 0 saturated carbocycles. The van der Waals surface area contributed by atoms with Crippen LogP contribution in [0.2, 0.25) is 5.02 Å². The topological polar surface area (TPSA) is 74.8 Å². The minimum absolute atomic E-state index is 0.0364. The number of H-pyrrole nitrogens is 1. The predicted molar refractivity (Wildman–Crippen MR) is 109 cm³/mol. The third-order valence-corrected chi connectivity index (χ3v) is 4.58. The maximum absolute atomic E-state index is 12.7. The van der Waals surface area contributed by atoms with E-state index in [0.29, 0.717) is 16.4 Å². The first kappa shape index (κ1) is 18.9.